The average Bonchev–Trinajstić information content (AvgIpc) is 3.22. The molecule has 1 aliphatic heterocycles. The van der Waals surface area contributed by atoms with Crippen molar-refractivity contribution in [2.24, 2.45) is 0 Å². The number of amides is 3. The molecule has 1 aromatic heterocycles. The molecule has 0 radical (unpaired) electrons. The molecule has 1 aliphatic rings. The summed E-state index contributed by atoms with van der Waals surface area (Å²) in [5, 5.41) is 3.88. The SMILES string of the molecule is CC(C)(C)OC(=O)NC(Cc1c[nH]c2ccccc12)CN1C(=O)c2ccccc2C1=O. The minimum Gasteiger partial charge on any atom is -0.444 e. The van der Waals surface area contributed by atoms with Gasteiger partial charge in [0, 0.05) is 17.1 Å². The summed E-state index contributed by atoms with van der Waals surface area (Å²) in [7, 11) is 0. The van der Waals surface area contributed by atoms with Gasteiger partial charge in [0.1, 0.15) is 5.60 Å². The fourth-order valence-corrected chi connectivity index (χ4v) is 3.83. The highest BCUT2D eigenvalue weighted by Gasteiger charge is 2.37. The predicted octanol–water partition coefficient (Wildman–Crippen LogP) is 3.90. The van der Waals surface area contributed by atoms with Gasteiger partial charge in [-0.15, -0.1) is 0 Å². The summed E-state index contributed by atoms with van der Waals surface area (Å²) in [4.78, 5) is 42.6. The molecule has 0 saturated carbocycles. The van der Waals surface area contributed by atoms with Crippen molar-refractivity contribution in [3.8, 4) is 0 Å². The summed E-state index contributed by atoms with van der Waals surface area (Å²) >= 11 is 0. The molecule has 2 aromatic carbocycles. The Hall–Kier alpha value is -3.61. The molecule has 160 valence electrons. The van der Waals surface area contributed by atoms with Crippen LogP contribution < -0.4 is 5.32 Å². The molecule has 3 amide bonds. The normalized spacial score (nSPS) is 14.6. The lowest BCUT2D eigenvalue weighted by molar-refractivity contribution is 0.0468. The van der Waals surface area contributed by atoms with Crippen LogP contribution in [0.4, 0.5) is 4.79 Å². The molecular weight excluding hydrogens is 394 g/mol. The summed E-state index contributed by atoms with van der Waals surface area (Å²) in [6, 6.07) is 14.1. The Morgan fingerprint density at radius 3 is 2.29 bits per heavy atom. The van der Waals surface area contributed by atoms with Crippen molar-refractivity contribution >= 4 is 28.8 Å². The molecule has 7 nitrogen and oxygen atoms in total. The van der Waals surface area contributed by atoms with Crippen LogP contribution in [0.15, 0.2) is 54.7 Å². The van der Waals surface area contributed by atoms with Crippen molar-refractivity contribution in [3.05, 3.63) is 71.4 Å². The van der Waals surface area contributed by atoms with Gasteiger partial charge in [0.15, 0.2) is 0 Å². The molecule has 0 spiro atoms. The number of hydrogen-bond donors (Lipinski definition) is 2. The summed E-state index contributed by atoms with van der Waals surface area (Å²) in [5.74, 6) is -0.703. The highest BCUT2D eigenvalue weighted by Crippen LogP contribution is 2.24. The summed E-state index contributed by atoms with van der Waals surface area (Å²) in [5.41, 5.74) is 2.07. The number of ether oxygens (including phenoxy) is 1. The molecule has 0 aliphatic carbocycles. The Morgan fingerprint density at radius 1 is 1.03 bits per heavy atom. The Morgan fingerprint density at radius 2 is 1.65 bits per heavy atom. The second kappa shape index (κ2) is 7.91. The third-order valence-corrected chi connectivity index (χ3v) is 5.14. The predicted molar refractivity (Wildman–Crippen MR) is 117 cm³/mol. The Bertz CT molecular complexity index is 1120. The molecule has 2 heterocycles. The molecular formula is C24H25N3O4. The van der Waals surface area contributed by atoms with E-state index in [1.54, 1.807) is 45.0 Å². The number of H-pyrrole nitrogens is 1. The van der Waals surface area contributed by atoms with Crippen LogP contribution in [0.25, 0.3) is 10.9 Å². The van der Waals surface area contributed by atoms with Gasteiger partial charge >= 0.3 is 6.09 Å². The molecule has 3 aromatic rings. The number of aromatic amines is 1. The van der Waals surface area contributed by atoms with Gasteiger partial charge in [-0.05, 0) is 51.0 Å². The number of imide groups is 1. The van der Waals surface area contributed by atoms with Crippen LogP contribution in [-0.2, 0) is 11.2 Å². The molecule has 1 atom stereocenters. The van der Waals surface area contributed by atoms with E-state index in [0.29, 0.717) is 17.5 Å². The summed E-state index contributed by atoms with van der Waals surface area (Å²) < 4.78 is 5.41. The van der Waals surface area contributed by atoms with Crippen LogP contribution in [0.2, 0.25) is 0 Å². The lowest BCUT2D eigenvalue weighted by atomic mass is 10.0. The number of rotatable bonds is 5. The highest BCUT2D eigenvalue weighted by molar-refractivity contribution is 6.21. The van der Waals surface area contributed by atoms with Crippen molar-refractivity contribution in [1.82, 2.24) is 15.2 Å². The van der Waals surface area contributed by atoms with E-state index in [1.807, 2.05) is 30.5 Å². The van der Waals surface area contributed by atoms with Gasteiger partial charge in [0.25, 0.3) is 11.8 Å². The van der Waals surface area contributed by atoms with Crippen LogP contribution in [0.1, 0.15) is 47.1 Å². The molecule has 2 N–H and O–H groups in total. The zero-order valence-electron chi connectivity index (χ0n) is 17.8. The van der Waals surface area contributed by atoms with Crippen molar-refractivity contribution in [1.29, 1.82) is 0 Å². The maximum absolute atomic E-state index is 12.8. The zero-order chi connectivity index (χ0) is 22.2. The van der Waals surface area contributed by atoms with Crippen LogP contribution in [0, 0.1) is 0 Å². The Balaban J connectivity index is 1.59. The fourth-order valence-electron chi connectivity index (χ4n) is 3.83. The van der Waals surface area contributed by atoms with E-state index >= 15 is 0 Å². The first-order chi connectivity index (χ1) is 14.7. The maximum atomic E-state index is 12.8. The molecule has 7 heteroatoms. The quantitative estimate of drug-likeness (QED) is 0.614. The molecule has 31 heavy (non-hydrogen) atoms. The minimum absolute atomic E-state index is 0.0467. The van der Waals surface area contributed by atoms with E-state index in [4.69, 9.17) is 4.74 Å². The van der Waals surface area contributed by atoms with Crippen LogP contribution in [0.3, 0.4) is 0 Å². The van der Waals surface area contributed by atoms with Crippen molar-refractivity contribution < 1.29 is 19.1 Å². The number of carbonyl (C=O) groups excluding carboxylic acids is 3. The molecule has 0 fully saturated rings. The van der Waals surface area contributed by atoms with E-state index in [-0.39, 0.29) is 18.4 Å². The highest BCUT2D eigenvalue weighted by atomic mass is 16.6. The van der Waals surface area contributed by atoms with Crippen molar-refractivity contribution in [3.63, 3.8) is 0 Å². The Kier molecular flexibility index (Phi) is 5.27. The number of alkyl carbamates (subject to hydrolysis) is 1. The first kappa shape index (κ1) is 20.7. The number of benzene rings is 2. The smallest absolute Gasteiger partial charge is 0.407 e. The number of fused-ring (bicyclic) bond motifs is 2. The van der Waals surface area contributed by atoms with Gasteiger partial charge < -0.3 is 15.0 Å². The van der Waals surface area contributed by atoms with Gasteiger partial charge in [0.2, 0.25) is 0 Å². The fraction of sp³-hybridized carbons (Fsp3) is 0.292. The van der Waals surface area contributed by atoms with Crippen LogP contribution in [-0.4, -0.2) is 46.0 Å². The second-order valence-electron chi connectivity index (χ2n) is 8.67. The monoisotopic (exact) mass is 419 g/mol. The van der Waals surface area contributed by atoms with Crippen LogP contribution in [0.5, 0.6) is 0 Å². The third kappa shape index (κ3) is 4.30. The lowest BCUT2D eigenvalue weighted by Gasteiger charge is -2.26. The third-order valence-electron chi connectivity index (χ3n) is 5.14. The topological polar surface area (TPSA) is 91.5 Å². The summed E-state index contributed by atoms with van der Waals surface area (Å²) in [6.45, 7) is 5.40. The van der Waals surface area contributed by atoms with Gasteiger partial charge in [-0.3, -0.25) is 14.5 Å². The van der Waals surface area contributed by atoms with E-state index < -0.39 is 17.7 Å². The molecule has 1 unspecified atom stereocenters. The largest absolute Gasteiger partial charge is 0.444 e. The van der Waals surface area contributed by atoms with Gasteiger partial charge in [-0.25, -0.2) is 4.79 Å². The Labute approximate surface area is 180 Å². The van der Waals surface area contributed by atoms with Crippen LogP contribution >= 0.6 is 0 Å². The van der Waals surface area contributed by atoms with E-state index in [1.165, 1.54) is 4.90 Å². The van der Waals surface area contributed by atoms with Gasteiger partial charge in [0.05, 0.1) is 23.7 Å². The average molecular weight is 419 g/mol. The number of aromatic nitrogens is 1. The first-order valence-electron chi connectivity index (χ1n) is 10.2. The van der Waals surface area contributed by atoms with E-state index in [0.717, 1.165) is 16.5 Å². The van der Waals surface area contributed by atoms with E-state index in [2.05, 4.69) is 10.3 Å². The zero-order valence-corrected chi connectivity index (χ0v) is 17.8. The first-order valence-corrected chi connectivity index (χ1v) is 10.2. The second-order valence-corrected chi connectivity index (χ2v) is 8.67. The van der Waals surface area contributed by atoms with Gasteiger partial charge in [-0.2, -0.15) is 0 Å². The van der Waals surface area contributed by atoms with Crippen molar-refractivity contribution in [2.75, 3.05) is 6.54 Å². The van der Waals surface area contributed by atoms with E-state index in [9.17, 15) is 14.4 Å². The molecule has 4 rings (SSSR count). The number of carbonyl (C=O) groups is 3. The number of para-hydroxylation sites is 1. The number of hydrogen-bond acceptors (Lipinski definition) is 4. The maximum Gasteiger partial charge on any atom is 0.407 e. The molecule has 0 saturated heterocycles. The minimum atomic E-state index is -0.662. The standard InChI is InChI=1S/C24H25N3O4/c1-24(2,3)31-23(30)26-16(12-15-13-25-20-11-7-6-8-17(15)20)14-27-21(28)18-9-4-5-10-19(18)22(27)29/h4-11,13,16,25H,12,14H2,1-3H3,(H,26,30). The lowest BCUT2D eigenvalue weighted by Crippen LogP contribution is -2.48. The molecule has 0 bridgehead atoms. The van der Waals surface area contributed by atoms with Crippen molar-refractivity contribution in [2.45, 2.75) is 38.8 Å². The summed E-state index contributed by atoms with van der Waals surface area (Å²) in [6.07, 6.45) is 1.72. The van der Waals surface area contributed by atoms with Gasteiger partial charge in [-0.1, -0.05) is 30.3 Å². The number of nitrogens with one attached hydrogen (secondary N) is 2. The number of nitrogens with zero attached hydrogens (tertiary/aromatic N) is 1.